The van der Waals surface area contributed by atoms with Gasteiger partial charge in [0.25, 0.3) is 0 Å². The highest BCUT2D eigenvalue weighted by molar-refractivity contribution is 5.38. The number of rotatable bonds is 4. The topological polar surface area (TPSA) is 73.1 Å². The minimum atomic E-state index is 0.491. The van der Waals surface area contributed by atoms with Gasteiger partial charge in [0.05, 0.1) is 5.69 Å². The molecule has 2 aromatic heterocycles. The molecule has 3 N–H and O–H groups in total. The fraction of sp³-hybridized carbons (Fsp3) is 0.231. The van der Waals surface area contributed by atoms with E-state index in [1.165, 1.54) is 0 Å². The summed E-state index contributed by atoms with van der Waals surface area (Å²) in [4.78, 5) is 8.64. The van der Waals surface area contributed by atoms with E-state index in [2.05, 4.69) is 15.4 Å². The third-order valence-corrected chi connectivity index (χ3v) is 2.49. The van der Waals surface area contributed by atoms with Crippen LogP contribution in [0.5, 0.6) is 11.6 Å². The van der Waals surface area contributed by atoms with Gasteiger partial charge in [-0.25, -0.2) is 5.84 Å². The highest BCUT2D eigenvalue weighted by Gasteiger charge is 2.06. The molecule has 0 unspecified atom stereocenters. The first-order valence-corrected chi connectivity index (χ1v) is 5.81. The number of nitrogens with two attached hydrogens (primary N) is 1. The van der Waals surface area contributed by atoms with Crippen molar-refractivity contribution in [3.8, 4) is 11.6 Å². The molecule has 0 spiro atoms. The number of nitrogens with zero attached hydrogens (tertiary/aromatic N) is 2. The van der Waals surface area contributed by atoms with Gasteiger partial charge in [-0.1, -0.05) is 13.0 Å². The summed E-state index contributed by atoms with van der Waals surface area (Å²) >= 11 is 0. The second kappa shape index (κ2) is 5.46. The van der Waals surface area contributed by atoms with Crippen molar-refractivity contribution in [3.05, 3.63) is 41.7 Å². The number of aromatic nitrogens is 2. The zero-order valence-electron chi connectivity index (χ0n) is 10.5. The fourth-order valence-electron chi connectivity index (χ4n) is 1.61. The number of aryl methyl sites for hydroxylation is 2. The Balaban J connectivity index is 2.27. The second-order valence-electron chi connectivity index (χ2n) is 3.86. The minimum absolute atomic E-state index is 0.491. The Morgan fingerprint density at radius 3 is 2.78 bits per heavy atom. The average Bonchev–Trinajstić information content (AvgIpc) is 2.41. The molecule has 0 bridgehead atoms. The van der Waals surface area contributed by atoms with Crippen LogP contribution in [0.25, 0.3) is 0 Å². The highest BCUT2D eigenvalue weighted by Crippen LogP contribution is 2.24. The van der Waals surface area contributed by atoms with Crippen LogP contribution in [0.3, 0.4) is 0 Å². The van der Waals surface area contributed by atoms with Crippen LogP contribution < -0.4 is 16.0 Å². The number of hydrogen-bond donors (Lipinski definition) is 2. The van der Waals surface area contributed by atoms with E-state index in [9.17, 15) is 0 Å². The minimum Gasteiger partial charge on any atom is -0.437 e. The molecular formula is C13H16N4O. The summed E-state index contributed by atoms with van der Waals surface area (Å²) < 4.78 is 5.73. The molecule has 2 rings (SSSR count). The van der Waals surface area contributed by atoms with Gasteiger partial charge in [-0.05, 0) is 31.5 Å². The monoisotopic (exact) mass is 244 g/mol. The number of anilines is 1. The SMILES string of the molecule is CCc1nc(C)ccc1Oc1cccc(NN)n1. The number of pyridine rings is 2. The van der Waals surface area contributed by atoms with E-state index in [1.807, 2.05) is 32.0 Å². The molecule has 0 saturated carbocycles. The molecule has 0 saturated heterocycles. The van der Waals surface area contributed by atoms with Gasteiger partial charge in [0.2, 0.25) is 5.88 Å². The average molecular weight is 244 g/mol. The van der Waals surface area contributed by atoms with Crippen molar-refractivity contribution in [2.24, 2.45) is 5.84 Å². The molecule has 94 valence electrons. The maximum Gasteiger partial charge on any atom is 0.221 e. The first-order valence-electron chi connectivity index (χ1n) is 5.81. The summed E-state index contributed by atoms with van der Waals surface area (Å²) in [6.45, 7) is 4.00. The lowest BCUT2D eigenvalue weighted by molar-refractivity contribution is 0.454. The van der Waals surface area contributed by atoms with Gasteiger partial charge in [-0.15, -0.1) is 0 Å². The fourth-order valence-corrected chi connectivity index (χ4v) is 1.61. The summed E-state index contributed by atoms with van der Waals surface area (Å²) in [5, 5.41) is 0. The zero-order valence-corrected chi connectivity index (χ0v) is 10.5. The summed E-state index contributed by atoms with van der Waals surface area (Å²) in [5.41, 5.74) is 4.38. The predicted molar refractivity (Wildman–Crippen MR) is 70.5 cm³/mol. The summed E-state index contributed by atoms with van der Waals surface area (Å²) in [5.74, 6) is 7.09. The van der Waals surface area contributed by atoms with Crippen LogP contribution in [0, 0.1) is 6.92 Å². The summed E-state index contributed by atoms with van der Waals surface area (Å²) in [6, 6.07) is 9.19. The first-order chi connectivity index (χ1) is 8.72. The molecule has 0 aliphatic heterocycles. The van der Waals surface area contributed by atoms with Crippen LogP contribution in [0.15, 0.2) is 30.3 Å². The second-order valence-corrected chi connectivity index (χ2v) is 3.86. The molecule has 18 heavy (non-hydrogen) atoms. The normalized spacial score (nSPS) is 10.2. The molecule has 0 fully saturated rings. The van der Waals surface area contributed by atoms with Crippen molar-refractivity contribution in [1.29, 1.82) is 0 Å². The lowest BCUT2D eigenvalue weighted by Gasteiger charge is -2.10. The van der Waals surface area contributed by atoms with Gasteiger partial charge in [-0.3, -0.25) is 4.98 Å². The van der Waals surface area contributed by atoms with E-state index < -0.39 is 0 Å². The van der Waals surface area contributed by atoms with Gasteiger partial charge < -0.3 is 10.2 Å². The van der Waals surface area contributed by atoms with Gasteiger partial charge in [0, 0.05) is 11.8 Å². The van der Waals surface area contributed by atoms with Crippen molar-refractivity contribution < 1.29 is 4.74 Å². The Hall–Kier alpha value is -2.14. The molecule has 0 aliphatic carbocycles. The van der Waals surface area contributed by atoms with Crippen molar-refractivity contribution >= 4 is 5.82 Å². The van der Waals surface area contributed by atoms with Crippen molar-refractivity contribution in [1.82, 2.24) is 9.97 Å². The number of hydrazine groups is 1. The van der Waals surface area contributed by atoms with E-state index in [1.54, 1.807) is 12.1 Å². The molecule has 0 aliphatic rings. The van der Waals surface area contributed by atoms with Crippen LogP contribution in [0.1, 0.15) is 18.3 Å². The van der Waals surface area contributed by atoms with Crippen LogP contribution >= 0.6 is 0 Å². The lowest BCUT2D eigenvalue weighted by atomic mass is 10.2. The van der Waals surface area contributed by atoms with Crippen molar-refractivity contribution in [2.75, 3.05) is 5.43 Å². The third-order valence-electron chi connectivity index (χ3n) is 2.49. The van der Waals surface area contributed by atoms with Crippen molar-refractivity contribution in [3.63, 3.8) is 0 Å². The third kappa shape index (κ3) is 2.75. The van der Waals surface area contributed by atoms with E-state index in [0.29, 0.717) is 11.7 Å². The molecule has 0 atom stereocenters. The van der Waals surface area contributed by atoms with Gasteiger partial charge >= 0.3 is 0 Å². The lowest BCUT2D eigenvalue weighted by Crippen LogP contribution is -2.08. The summed E-state index contributed by atoms with van der Waals surface area (Å²) in [7, 11) is 0. The molecule has 0 radical (unpaired) electrons. The van der Waals surface area contributed by atoms with Gasteiger partial charge in [0.15, 0.2) is 5.75 Å². The molecule has 0 aromatic carbocycles. The van der Waals surface area contributed by atoms with E-state index in [-0.39, 0.29) is 0 Å². The number of hydrogen-bond acceptors (Lipinski definition) is 5. The molecule has 2 heterocycles. The molecule has 5 nitrogen and oxygen atoms in total. The Bertz CT molecular complexity index is 542. The van der Waals surface area contributed by atoms with Crippen LogP contribution in [0.4, 0.5) is 5.82 Å². The standard InChI is InChI=1S/C13H16N4O/c1-3-10-11(8-7-9(2)15-10)18-13-6-4-5-12(16-13)17-14/h4-8H,3,14H2,1-2H3,(H,16,17). The molecular weight excluding hydrogens is 228 g/mol. The van der Waals surface area contributed by atoms with Gasteiger partial charge in [-0.2, -0.15) is 4.98 Å². The van der Waals surface area contributed by atoms with E-state index >= 15 is 0 Å². The van der Waals surface area contributed by atoms with E-state index in [4.69, 9.17) is 10.6 Å². The maximum atomic E-state index is 5.73. The Labute approximate surface area is 106 Å². The molecule has 5 heteroatoms. The van der Waals surface area contributed by atoms with Crippen LogP contribution in [-0.2, 0) is 6.42 Å². The maximum absolute atomic E-state index is 5.73. The summed E-state index contributed by atoms with van der Waals surface area (Å²) in [6.07, 6.45) is 0.811. The zero-order chi connectivity index (χ0) is 13.0. The van der Waals surface area contributed by atoms with E-state index in [0.717, 1.165) is 23.6 Å². The van der Waals surface area contributed by atoms with Gasteiger partial charge in [0.1, 0.15) is 5.82 Å². The Kier molecular flexibility index (Phi) is 3.74. The predicted octanol–water partition coefficient (Wildman–Crippen LogP) is 2.43. The smallest absolute Gasteiger partial charge is 0.221 e. The Morgan fingerprint density at radius 1 is 1.22 bits per heavy atom. The number of nitrogens with one attached hydrogen (secondary N) is 1. The highest BCUT2D eigenvalue weighted by atomic mass is 16.5. The first kappa shape index (κ1) is 12.3. The number of ether oxygens (including phenoxy) is 1. The van der Waals surface area contributed by atoms with Crippen molar-refractivity contribution in [2.45, 2.75) is 20.3 Å². The van der Waals surface area contributed by atoms with Crippen LogP contribution in [0.2, 0.25) is 0 Å². The number of nitrogen functional groups attached to an aromatic ring is 1. The molecule has 0 amide bonds. The Morgan fingerprint density at radius 2 is 2.06 bits per heavy atom. The quantitative estimate of drug-likeness (QED) is 0.638. The molecule has 2 aromatic rings. The van der Waals surface area contributed by atoms with Crippen LogP contribution in [-0.4, -0.2) is 9.97 Å². The largest absolute Gasteiger partial charge is 0.437 e.